The molecule has 0 N–H and O–H groups in total. The maximum Gasteiger partial charge on any atom is 0.136 e. The van der Waals surface area contributed by atoms with Gasteiger partial charge in [-0.3, -0.25) is 0 Å². The maximum atomic E-state index is 6.75. The molecule has 1 spiro atoms. The minimum absolute atomic E-state index is 0.661. The van der Waals surface area contributed by atoms with Crippen LogP contribution in [0.2, 0.25) is 0 Å². The molecule has 0 saturated heterocycles. The number of ether oxygens (including phenoxy) is 1. The van der Waals surface area contributed by atoms with E-state index in [4.69, 9.17) is 14.1 Å². The minimum Gasteiger partial charge on any atom is -0.457 e. The Balaban J connectivity index is 1.02. The van der Waals surface area contributed by atoms with Crippen molar-refractivity contribution in [2.45, 2.75) is 5.41 Å². The topological polar surface area (TPSA) is 40.2 Å². The highest BCUT2D eigenvalue weighted by atomic mass is 16.5. The standard InChI is InChI=1S/C60H36N2O2/c1-3-15-37(16-4-1)41-35-50(38-17-5-2-6-18-38)61-51(36-41)44-21-14-28-57-58(44)45-33-39(30-32-54(45)63-57)40-29-31-53-49(34-40)60(46-22-8-11-26-55(46)64-56-27-12-9-23-47(56)60)48-24-13-20-43-42-19-7-10-25-52(42)62(53)59(43)48/h1-36H. The first kappa shape index (κ1) is 35.2. The largest absolute Gasteiger partial charge is 0.457 e. The Morgan fingerprint density at radius 2 is 1.03 bits per heavy atom. The summed E-state index contributed by atoms with van der Waals surface area (Å²) in [5.41, 5.74) is 17.7. The summed E-state index contributed by atoms with van der Waals surface area (Å²) in [5, 5.41) is 4.59. The third-order valence-electron chi connectivity index (χ3n) is 13.6. The normalized spacial score (nSPS) is 13.2. The smallest absolute Gasteiger partial charge is 0.136 e. The van der Waals surface area contributed by atoms with Crippen LogP contribution in [0.1, 0.15) is 22.3 Å². The first-order valence-corrected chi connectivity index (χ1v) is 21.9. The van der Waals surface area contributed by atoms with Crippen molar-refractivity contribution in [3.8, 4) is 62.0 Å². The molecule has 9 aromatic carbocycles. The fraction of sp³-hybridized carbons (Fsp3) is 0.0167. The molecule has 0 fully saturated rings. The highest BCUT2D eigenvalue weighted by Crippen LogP contribution is 2.60. The molecule has 12 aromatic rings. The van der Waals surface area contributed by atoms with Gasteiger partial charge in [0.15, 0.2) is 0 Å². The van der Waals surface area contributed by atoms with Crippen LogP contribution in [0.3, 0.4) is 0 Å². The lowest BCUT2D eigenvalue weighted by Crippen LogP contribution is -2.37. The fourth-order valence-corrected chi connectivity index (χ4v) is 10.9. The number of para-hydroxylation sites is 4. The number of hydrogen-bond donors (Lipinski definition) is 0. The number of fused-ring (bicyclic) bond motifs is 14. The molecule has 0 radical (unpaired) electrons. The van der Waals surface area contributed by atoms with E-state index in [9.17, 15) is 0 Å². The quantitative estimate of drug-likeness (QED) is 0.178. The zero-order valence-electron chi connectivity index (χ0n) is 34.5. The lowest BCUT2D eigenvalue weighted by Gasteiger charge is -2.45. The molecule has 0 unspecified atom stereocenters. The Morgan fingerprint density at radius 3 is 1.84 bits per heavy atom. The van der Waals surface area contributed by atoms with E-state index in [1.807, 2.05) is 6.07 Å². The SMILES string of the molecule is c1ccc(-c2cc(-c3ccccc3)nc(-c3cccc4oc5ccc(-c6ccc7c(c6)C6(c8ccccc8Oc8ccccc86)c6cccc8c9ccccc9n-7c68)cc5c34)c2)cc1. The lowest BCUT2D eigenvalue weighted by atomic mass is 9.61. The third-order valence-corrected chi connectivity index (χ3v) is 13.6. The van der Waals surface area contributed by atoms with Crippen molar-refractivity contribution in [2.24, 2.45) is 0 Å². The molecule has 4 nitrogen and oxygen atoms in total. The molecule has 14 rings (SSSR count). The molecule has 0 aliphatic carbocycles. The number of aromatic nitrogens is 2. The van der Waals surface area contributed by atoms with Crippen LogP contribution in [0.4, 0.5) is 0 Å². The molecular formula is C60H36N2O2. The van der Waals surface area contributed by atoms with Crippen LogP contribution in [0, 0.1) is 0 Å². The Hall–Kier alpha value is -8.47. The van der Waals surface area contributed by atoms with E-state index in [-0.39, 0.29) is 0 Å². The molecule has 2 aliphatic rings. The molecule has 2 aliphatic heterocycles. The summed E-state index contributed by atoms with van der Waals surface area (Å²) in [5.74, 6) is 1.75. The number of rotatable bonds is 4. The molecule has 0 saturated carbocycles. The van der Waals surface area contributed by atoms with Gasteiger partial charge in [0.2, 0.25) is 0 Å². The lowest BCUT2D eigenvalue weighted by molar-refractivity contribution is 0.434. The Bertz CT molecular complexity index is 3780. The monoisotopic (exact) mass is 816 g/mol. The Morgan fingerprint density at radius 1 is 0.391 bits per heavy atom. The average Bonchev–Trinajstić information content (AvgIpc) is 3.92. The van der Waals surface area contributed by atoms with Crippen molar-refractivity contribution in [3.63, 3.8) is 0 Å². The molecule has 298 valence electrons. The second-order valence-electron chi connectivity index (χ2n) is 17.0. The van der Waals surface area contributed by atoms with E-state index in [2.05, 4.69) is 217 Å². The van der Waals surface area contributed by atoms with Crippen molar-refractivity contribution < 1.29 is 9.15 Å². The van der Waals surface area contributed by atoms with E-state index in [0.29, 0.717) is 0 Å². The second-order valence-corrected chi connectivity index (χ2v) is 17.0. The zero-order chi connectivity index (χ0) is 41.9. The number of furan rings is 1. The van der Waals surface area contributed by atoms with E-state index in [1.54, 1.807) is 0 Å². The van der Waals surface area contributed by atoms with Gasteiger partial charge in [0.05, 0.1) is 33.5 Å². The van der Waals surface area contributed by atoms with Crippen LogP contribution in [0.5, 0.6) is 11.5 Å². The van der Waals surface area contributed by atoms with Crippen LogP contribution >= 0.6 is 0 Å². The first-order chi connectivity index (χ1) is 31.7. The van der Waals surface area contributed by atoms with Gasteiger partial charge in [-0.05, 0) is 94.0 Å². The Labute approximate surface area is 368 Å². The number of hydrogen-bond acceptors (Lipinski definition) is 3. The third kappa shape index (κ3) is 4.85. The summed E-state index contributed by atoms with van der Waals surface area (Å²) in [6.07, 6.45) is 0. The van der Waals surface area contributed by atoms with E-state index < -0.39 is 5.41 Å². The summed E-state index contributed by atoms with van der Waals surface area (Å²) in [4.78, 5) is 5.35. The first-order valence-electron chi connectivity index (χ1n) is 21.9. The fourth-order valence-electron chi connectivity index (χ4n) is 10.9. The van der Waals surface area contributed by atoms with Gasteiger partial charge in [-0.2, -0.15) is 0 Å². The zero-order valence-corrected chi connectivity index (χ0v) is 34.5. The van der Waals surface area contributed by atoms with E-state index >= 15 is 0 Å². The highest BCUT2D eigenvalue weighted by molar-refractivity contribution is 6.14. The van der Waals surface area contributed by atoms with Crippen molar-refractivity contribution >= 4 is 43.7 Å². The van der Waals surface area contributed by atoms with Gasteiger partial charge < -0.3 is 13.7 Å². The maximum absolute atomic E-state index is 6.75. The van der Waals surface area contributed by atoms with Gasteiger partial charge in [-0.15, -0.1) is 0 Å². The van der Waals surface area contributed by atoms with Crippen molar-refractivity contribution in [1.29, 1.82) is 0 Å². The van der Waals surface area contributed by atoms with Crippen LogP contribution in [-0.4, -0.2) is 9.55 Å². The van der Waals surface area contributed by atoms with Crippen LogP contribution in [0.15, 0.2) is 223 Å². The molecule has 0 bridgehead atoms. The number of pyridine rings is 1. The number of nitrogens with zero attached hydrogens (tertiary/aromatic N) is 2. The van der Waals surface area contributed by atoms with Crippen LogP contribution < -0.4 is 4.74 Å². The Kier molecular flexibility index (Phi) is 7.29. The summed E-state index contributed by atoms with van der Waals surface area (Å²) in [6, 6.07) is 78.3. The summed E-state index contributed by atoms with van der Waals surface area (Å²) >= 11 is 0. The van der Waals surface area contributed by atoms with Gasteiger partial charge in [0.25, 0.3) is 0 Å². The van der Waals surface area contributed by atoms with Gasteiger partial charge in [-0.1, -0.05) is 158 Å². The van der Waals surface area contributed by atoms with Gasteiger partial charge in [0, 0.05) is 43.8 Å². The molecule has 5 heterocycles. The molecule has 4 heteroatoms. The number of benzene rings is 9. The predicted octanol–water partition coefficient (Wildman–Crippen LogP) is 15.5. The summed E-state index contributed by atoms with van der Waals surface area (Å²) in [6.45, 7) is 0. The highest BCUT2D eigenvalue weighted by Gasteiger charge is 2.50. The van der Waals surface area contributed by atoms with Crippen molar-refractivity contribution in [3.05, 3.63) is 241 Å². The predicted molar refractivity (Wildman–Crippen MR) is 260 cm³/mol. The molecule has 3 aromatic heterocycles. The van der Waals surface area contributed by atoms with Crippen molar-refractivity contribution in [2.75, 3.05) is 0 Å². The van der Waals surface area contributed by atoms with Crippen LogP contribution in [-0.2, 0) is 5.41 Å². The van der Waals surface area contributed by atoms with Crippen LogP contribution in [0.25, 0.3) is 94.2 Å². The molecular weight excluding hydrogens is 781 g/mol. The minimum atomic E-state index is -0.661. The van der Waals surface area contributed by atoms with Crippen molar-refractivity contribution in [1.82, 2.24) is 9.55 Å². The average molecular weight is 817 g/mol. The van der Waals surface area contributed by atoms with E-state index in [1.165, 1.54) is 32.9 Å². The summed E-state index contributed by atoms with van der Waals surface area (Å²) in [7, 11) is 0. The van der Waals surface area contributed by atoms with E-state index in [0.717, 1.165) is 95.0 Å². The molecule has 0 amide bonds. The van der Waals surface area contributed by atoms with Gasteiger partial charge in [0.1, 0.15) is 22.7 Å². The second kappa shape index (κ2) is 13.3. The summed E-state index contributed by atoms with van der Waals surface area (Å²) < 4.78 is 15.9. The van der Waals surface area contributed by atoms with Gasteiger partial charge in [-0.25, -0.2) is 4.98 Å². The molecule has 64 heavy (non-hydrogen) atoms. The molecule has 0 atom stereocenters. The van der Waals surface area contributed by atoms with Gasteiger partial charge >= 0.3 is 0 Å².